The number of para-hydroxylation sites is 1. The Bertz CT molecular complexity index is 1030. The standard InChI is InChI=1S/C19H18N4O2S/c1-24-15-10-6-9-14(17(15)25-2)18-22-23-16(20-21-19(23)26-18)12-11-13-7-4-3-5-8-13/h3-10H,11-12H2,1-2H3. The normalized spacial score (nSPS) is 11.0. The Labute approximate surface area is 155 Å². The number of aromatic nitrogens is 4. The molecular formula is C19H18N4O2S. The smallest absolute Gasteiger partial charge is 0.234 e. The van der Waals surface area contributed by atoms with Crippen molar-refractivity contribution in [2.75, 3.05) is 14.2 Å². The second-order valence-electron chi connectivity index (χ2n) is 5.74. The van der Waals surface area contributed by atoms with Crippen LogP contribution in [0.2, 0.25) is 0 Å². The van der Waals surface area contributed by atoms with E-state index in [9.17, 15) is 0 Å². The lowest BCUT2D eigenvalue weighted by atomic mass is 10.1. The summed E-state index contributed by atoms with van der Waals surface area (Å²) >= 11 is 1.48. The zero-order valence-corrected chi connectivity index (χ0v) is 15.4. The Morgan fingerprint density at radius 1 is 0.923 bits per heavy atom. The highest BCUT2D eigenvalue weighted by Gasteiger charge is 2.18. The number of hydrogen-bond acceptors (Lipinski definition) is 6. The second kappa shape index (κ2) is 7.13. The minimum absolute atomic E-state index is 0.672. The van der Waals surface area contributed by atoms with Gasteiger partial charge in [-0.15, -0.1) is 10.2 Å². The molecule has 0 amide bonds. The van der Waals surface area contributed by atoms with Gasteiger partial charge in [-0.25, -0.2) is 0 Å². The molecule has 2 aromatic heterocycles. The number of benzene rings is 2. The van der Waals surface area contributed by atoms with Gasteiger partial charge in [0.1, 0.15) is 0 Å². The molecule has 2 aromatic carbocycles. The van der Waals surface area contributed by atoms with Gasteiger partial charge in [0.15, 0.2) is 22.3 Å². The lowest BCUT2D eigenvalue weighted by molar-refractivity contribution is 0.356. The quantitative estimate of drug-likeness (QED) is 0.521. The van der Waals surface area contributed by atoms with E-state index in [2.05, 4.69) is 22.3 Å². The first kappa shape index (κ1) is 16.5. The van der Waals surface area contributed by atoms with Gasteiger partial charge in [0.05, 0.1) is 19.8 Å². The number of hydrogen-bond donors (Lipinski definition) is 0. The first-order chi connectivity index (χ1) is 12.8. The minimum atomic E-state index is 0.672. The fourth-order valence-electron chi connectivity index (χ4n) is 2.88. The molecule has 0 saturated carbocycles. The van der Waals surface area contributed by atoms with Crippen LogP contribution in [0.15, 0.2) is 48.5 Å². The number of nitrogens with zero attached hydrogens (tertiary/aromatic N) is 4. The lowest BCUT2D eigenvalue weighted by Gasteiger charge is -2.10. The van der Waals surface area contributed by atoms with E-state index < -0.39 is 0 Å². The van der Waals surface area contributed by atoms with Crippen molar-refractivity contribution in [2.45, 2.75) is 12.8 Å². The number of fused-ring (bicyclic) bond motifs is 1. The van der Waals surface area contributed by atoms with Crippen molar-refractivity contribution in [3.63, 3.8) is 0 Å². The first-order valence-corrected chi connectivity index (χ1v) is 9.08. The molecule has 26 heavy (non-hydrogen) atoms. The summed E-state index contributed by atoms with van der Waals surface area (Å²) in [6, 6.07) is 16.1. The molecule has 4 rings (SSSR count). The van der Waals surface area contributed by atoms with E-state index >= 15 is 0 Å². The molecule has 132 valence electrons. The molecule has 0 unspecified atom stereocenters. The Morgan fingerprint density at radius 3 is 2.54 bits per heavy atom. The summed E-state index contributed by atoms with van der Waals surface area (Å²) in [4.78, 5) is 0.771. The first-order valence-electron chi connectivity index (χ1n) is 8.26. The zero-order valence-electron chi connectivity index (χ0n) is 14.5. The summed E-state index contributed by atoms with van der Waals surface area (Å²) in [6.07, 6.45) is 1.68. The predicted octanol–water partition coefficient (Wildman–Crippen LogP) is 3.66. The summed E-state index contributed by atoms with van der Waals surface area (Å²) in [7, 11) is 3.26. The maximum absolute atomic E-state index is 5.53. The monoisotopic (exact) mass is 366 g/mol. The summed E-state index contributed by atoms with van der Waals surface area (Å²) in [5.41, 5.74) is 2.16. The van der Waals surface area contributed by atoms with Crippen molar-refractivity contribution < 1.29 is 9.47 Å². The van der Waals surface area contributed by atoms with Crippen LogP contribution in [0.5, 0.6) is 11.5 Å². The van der Waals surface area contributed by atoms with E-state index in [1.807, 2.05) is 40.9 Å². The van der Waals surface area contributed by atoms with Crippen molar-refractivity contribution in [1.29, 1.82) is 0 Å². The average Bonchev–Trinajstić information content (AvgIpc) is 3.27. The van der Waals surface area contributed by atoms with Gasteiger partial charge in [0, 0.05) is 6.42 Å². The Kier molecular flexibility index (Phi) is 4.53. The second-order valence-corrected chi connectivity index (χ2v) is 6.70. The topological polar surface area (TPSA) is 61.5 Å². The highest BCUT2D eigenvalue weighted by Crippen LogP contribution is 2.39. The van der Waals surface area contributed by atoms with Crippen molar-refractivity contribution in [2.24, 2.45) is 0 Å². The van der Waals surface area contributed by atoms with E-state index in [0.29, 0.717) is 11.5 Å². The van der Waals surface area contributed by atoms with Gasteiger partial charge in [-0.2, -0.15) is 9.61 Å². The van der Waals surface area contributed by atoms with Crippen LogP contribution in [0.3, 0.4) is 0 Å². The van der Waals surface area contributed by atoms with Crippen molar-refractivity contribution >= 4 is 16.3 Å². The van der Waals surface area contributed by atoms with Crippen LogP contribution in [-0.4, -0.2) is 34.0 Å². The van der Waals surface area contributed by atoms with Gasteiger partial charge < -0.3 is 9.47 Å². The highest BCUT2D eigenvalue weighted by molar-refractivity contribution is 7.19. The summed E-state index contributed by atoms with van der Waals surface area (Å²) in [5, 5.41) is 14.1. The van der Waals surface area contributed by atoms with E-state index in [1.165, 1.54) is 16.9 Å². The number of methoxy groups -OCH3 is 2. The molecule has 7 heteroatoms. The van der Waals surface area contributed by atoms with Crippen LogP contribution in [0.25, 0.3) is 15.5 Å². The number of aryl methyl sites for hydroxylation is 2. The molecule has 6 nitrogen and oxygen atoms in total. The Morgan fingerprint density at radius 2 is 1.77 bits per heavy atom. The summed E-state index contributed by atoms with van der Waals surface area (Å²) in [6.45, 7) is 0. The SMILES string of the molecule is COc1cccc(-c2nn3c(CCc4ccccc4)nnc3s2)c1OC. The fourth-order valence-corrected chi connectivity index (χ4v) is 3.76. The fraction of sp³-hybridized carbons (Fsp3) is 0.211. The molecule has 0 atom stereocenters. The highest BCUT2D eigenvalue weighted by atomic mass is 32.1. The molecule has 0 bridgehead atoms. The molecular weight excluding hydrogens is 348 g/mol. The molecule has 4 aromatic rings. The van der Waals surface area contributed by atoms with Gasteiger partial charge >= 0.3 is 0 Å². The third-order valence-electron chi connectivity index (χ3n) is 4.17. The maximum atomic E-state index is 5.53. The zero-order chi connectivity index (χ0) is 17.9. The summed E-state index contributed by atoms with van der Waals surface area (Å²) in [5.74, 6) is 2.21. The van der Waals surface area contributed by atoms with E-state index in [-0.39, 0.29) is 0 Å². The van der Waals surface area contributed by atoms with Gasteiger partial charge in [0.25, 0.3) is 0 Å². The molecule has 0 fully saturated rings. The van der Waals surface area contributed by atoms with Crippen molar-refractivity contribution in [1.82, 2.24) is 19.8 Å². The predicted molar refractivity (Wildman–Crippen MR) is 101 cm³/mol. The molecule has 0 saturated heterocycles. The van der Waals surface area contributed by atoms with Crippen molar-refractivity contribution in [3.8, 4) is 22.1 Å². The van der Waals surface area contributed by atoms with Crippen LogP contribution < -0.4 is 9.47 Å². The van der Waals surface area contributed by atoms with Gasteiger partial charge in [-0.1, -0.05) is 47.7 Å². The largest absolute Gasteiger partial charge is 0.493 e. The molecule has 0 aliphatic carbocycles. The Balaban J connectivity index is 1.66. The van der Waals surface area contributed by atoms with Crippen LogP contribution in [-0.2, 0) is 12.8 Å². The number of ether oxygens (including phenoxy) is 2. The lowest BCUT2D eigenvalue weighted by Crippen LogP contribution is -1.99. The van der Waals surface area contributed by atoms with Crippen LogP contribution in [0.4, 0.5) is 0 Å². The third-order valence-corrected chi connectivity index (χ3v) is 5.10. The summed E-state index contributed by atoms with van der Waals surface area (Å²) < 4.78 is 12.7. The van der Waals surface area contributed by atoms with E-state index in [4.69, 9.17) is 14.6 Å². The van der Waals surface area contributed by atoms with Gasteiger partial charge in [0.2, 0.25) is 4.96 Å². The van der Waals surface area contributed by atoms with E-state index in [0.717, 1.165) is 34.2 Å². The molecule has 2 heterocycles. The maximum Gasteiger partial charge on any atom is 0.234 e. The molecule has 0 aliphatic rings. The molecule has 0 radical (unpaired) electrons. The minimum Gasteiger partial charge on any atom is -0.493 e. The van der Waals surface area contributed by atoms with Crippen LogP contribution >= 0.6 is 11.3 Å². The number of rotatable bonds is 6. The molecule has 0 spiro atoms. The molecule has 0 N–H and O–H groups in total. The van der Waals surface area contributed by atoms with Gasteiger partial charge in [-0.05, 0) is 24.1 Å². The third kappa shape index (κ3) is 3.01. The van der Waals surface area contributed by atoms with Gasteiger partial charge in [-0.3, -0.25) is 0 Å². The average molecular weight is 366 g/mol. The van der Waals surface area contributed by atoms with Crippen LogP contribution in [0.1, 0.15) is 11.4 Å². The van der Waals surface area contributed by atoms with Crippen LogP contribution in [0, 0.1) is 0 Å². The molecule has 0 aliphatic heterocycles. The Hall–Kier alpha value is -2.93. The van der Waals surface area contributed by atoms with Crippen molar-refractivity contribution in [3.05, 3.63) is 59.9 Å². The van der Waals surface area contributed by atoms with E-state index in [1.54, 1.807) is 14.2 Å².